The van der Waals surface area contributed by atoms with Crippen molar-refractivity contribution in [3.05, 3.63) is 16.5 Å². The molecule has 8 heteroatoms. The molecule has 0 radical (unpaired) electrons. The van der Waals surface area contributed by atoms with E-state index in [9.17, 15) is 13.2 Å². The zero-order valence-corrected chi connectivity index (χ0v) is 11.6. The number of nitrogens with one attached hydrogen (secondary N) is 1. The molecule has 1 heterocycles. The van der Waals surface area contributed by atoms with Gasteiger partial charge in [-0.05, 0) is 18.1 Å². The molecule has 0 aliphatic carbocycles. The van der Waals surface area contributed by atoms with Crippen LogP contribution in [0.2, 0.25) is 4.34 Å². The lowest BCUT2D eigenvalue weighted by Gasteiger charge is -2.17. The number of aliphatic carboxylic acids is 1. The first-order valence-corrected chi connectivity index (χ1v) is 7.42. The van der Waals surface area contributed by atoms with Gasteiger partial charge in [0.25, 0.3) is 10.0 Å². The van der Waals surface area contributed by atoms with E-state index in [0.29, 0.717) is 4.34 Å². The topological polar surface area (TPSA) is 83.5 Å². The molecule has 0 spiro atoms. The standard InChI is InChI=1S/C9H12ClNO4S2/c1-5(2)8(9(12)13)11-17(14,15)7-4-3-6(10)16-7/h3-5,8,11H,1-2H3,(H,12,13)/t8-/m1/s1. The number of halogens is 1. The van der Waals surface area contributed by atoms with Gasteiger partial charge in [0.1, 0.15) is 10.3 Å². The van der Waals surface area contributed by atoms with Crippen LogP contribution < -0.4 is 4.72 Å². The second kappa shape index (κ2) is 5.34. The van der Waals surface area contributed by atoms with E-state index in [2.05, 4.69) is 4.72 Å². The first kappa shape index (κ1) is 14.4. The third-order valence-electron chi connectivity index (χ3n) is 2.03. The third kappa shape index (κ3) is 3.67. The molecule has 0 aliphatic heterocycles. The maximum atomic E-state index is 11.8. The largest absolute Gasteiger partial charge is 0.480 e. The molecule has 0 fully saturated rings. The van der Waals surface area contributed by atoms with Crippen LogP contribution in [0.4, 0.5) is 0 Å². The molecule has 2 N–H and O–H groups in total. The lowest BCUT2D eigenvalue weighted by Crippen LogP contribution is -2.43. The molecular formula is C9H12ClNO4S2. The summed E-state index contributed by atoms with van der Waals surface area (Å²) in [5.74, 6) is -1.55. The van der Waals surface area contributed by atoms with E-state index < -0.39 is 22.0 Å². The molecular weight excluding hydrogens is 286 g/mol. The minimum atomic E-state index is -3.83. The molecule has 0 bridgehead atoms. The molecule has 0 aromatic carbocycles. The van der Waals surface area contributed by atoms with Crippen LogP contribution in [-0.4, -0.2) is 25.5 Å². The second-order valence-electron chi connectivity index (χ2n) is 3.74. The summed E-state index contributed by atoms with van der Waals surface area (Å²) in [4.78, 5) is 10.9. The highest BCUT2D eigenvalue weighted by molar-refractivity contribution is 7.91. The highest BCUT2D eigenvalue weighted by atomic mass is 35.5. The molecule has 96 valence electrons. The Morgan fingerprint density at radius 3 is 2.41 bits per heavy atom. The molecule has 5 nitrogen and oxygen atoms in total. The third-order valence-corrected chi connectivity index (χ3v) is 5.19. The number of sulfonamides is 1. The van der Waals surface area contributed by atoms with Crippen molar-refractivity contribution in [2.24, 2.45) is 5.92 Å². The zero-order valence-electron chi connectivity index (χ0n) is 9.18. The Kier molecular flexibility index (Phi) is 4.54. The molecule has 1 rings (SSSR count). The van der Waals surface area contributed by atoms with Gasteiger partial charge in [-0.3, -0.25) is 4.79 Å². The Hall–Kier alpha value is -0.630. The van der Waals surface area contributed by atoms with Crippen molar-refractivity contribution in [1.82, 2.24) is 4.72 Å². The summed E-state index contributed by atoms with van der Waals surface area (Å²) >= 11 is 6.52. The Morgan fingerprint density at radius 2 is 2.06 bits per heavy atom. The zero-order chi connectivity index (χ0) is 13.2. The SMILES string of the molecule is CC(C)[C@@H](NS(=O)(=O)c1ccc(Cl)s1)C(=O)O. The van der Waals surface area contributed by atoms with E-state index in [0.717, 1.165) is 11.3 Å². The summed E-state index contributed by atoms with van der Waals surface area (Å²) in [6.45, 7) is 3.26. The summed E-state index contributed by atoms with van der Waals surface area (Å²) < 4.78 is 26.2. The summed E-state index contributed by atoms with van der Waals surface area (Å²) in [5.41, 5.74) is 0. The number of carboxylic acids is 1. The highest BCUT2D eigenvalue weighted by Gasteiger charge is 2.28. The Bertz CT molecular complexity index is 509. The quantitative estimate of drug-likeness (QED) is 0.868. The number of hydrogen-bond acceptors (Lipinski definition) is 4. The average Bonchev–Trinajstić information content (AvgIpc) is 2.61. The van der Waals surface area contributed by atoms with Crippen molar-refractivity contribution in [3.8, 4) is 0 Å². The maximum Gasteiger partial charge on any atom is 0.322 e. The van der Waals surface area contributed by atoms with E-state index >= 15 is 0 Å². The monoisotopic (exact) mass is 297 g/mol. The molecule has 1 atom stereocenters. The summed E-state index contributed by atoms with van der Waals surface area (Å²) in [6.07, 6.45) is 0. The Labute approximate surface area is 108 Å². The summed E-state index contributed by atoms with van der Waals surface area (Å²) in [7, 11) is -3.83. The molecule has 0 amide bonds. The number of thiophene rings is 1. The van der Waals surface area contributed by atoms with Gasteiger partial charge in [0.05, 0.1) is 4.34 Å². The molecule has 1 aromatic rings. The van der Waals surface area contributed by atoms with Gasteiger partial charge < -0.3 is 5.11 Å². The number of carboxylic acid groups (broad SMARTS) is 1. The van der Waals surface area contributed by atoms with Gasteiger partial charge in [-0.25, -0.2) is 8.42 Å². The number of rotatable bonds is 5. The summed E-state index contributed by atoms with van der Waals surface area (Å²) in [6, 6.07) is 1.64. The van der Waals surface area contributed by atoms with E-state index in [1.54, 1.807) is 13.8 Å². The fraction of sp³-hybridized carbons (Fsp3) is 0.444. The Balaban J connectivity index is 2.97. The predicted octanol–water partition coefficient (Wildman–Crippen LogP) is 1.79. The van der Waals surface area contributed by atoms with Crippen molar-refractivity contribution in [3.63, 3.8) is 0 Å². The predicted molar refractivity (Wildman–Crippen MR) is 65.9 cm³/mol. The van der Waals surface area contributed by atoms with Crippen LogP contribution in [0.1, 0.15) is 13.8 Å². The molecule has 0 unspecified atom stereocenters. The lowest BCUT2D eigenvalue weighted by molar-refractivity contribution is -0.140. The minimum Gasteiger partial charge on any atom is -0.480 e. The van der Waals surface area contributed by atoms with E-state index in [1.807, 2.05) is 0 Å². The van der Waals surface area contributed by atoms with Crippen molar-refractivity contribution in [1.29, 1.82) is 0 Å². The van der Waals surface area contributed by atoms with Gasteiger partial charge in [0.15, 0.2) is 0 Å². The molecule has 17 heavy (non-hydrogen) atoms. The van der Waals surface area contributed by atoms with Crippen molar-refractivity contribution < 1.29 is 18.3 Å². The Morgan fingerprint density at radius 1 is 1.47 bits per heavy atom. The second-order valence-corrected chi connectivity index (χ2v) is 7.40. The van der Waals surface area contributed by atoms with Gasteiger partial charge >= 0.3 is 5.97 Å². The van der Waals surface area contributed by atoms with Gasteiger partial charge in [-0.2, -0.15) is 4.72 Å². The van der Waals surface area contributed by atoms with Crippen LogP contribution in [0.15, 0.2) is 16.3 Å². The van der Waals surface area contributed by atoms with Gasteiger partial charge in [-0.15, -0.1) is 11.3 Å². The van der Waals surface area contributed by atoms with Gasteiger partial charge in [0.2, 0.25) is 0 Å². The first-order valence-electron chi connectivity index (χ1n) is 4.74. The number of carbonyl (C=O) groups is 1. The minimum absolute atomic E-state index is 0.00870. The van der Waals surface area contributed by atoms with Gasteiger partial charge in [-0.1, -0.05) is 25.4 Å². The fourth-order valence-electron chi connectivity index (χ4n) is 1.14. The van der Waals surface area contributed by atoms with Crippen molar-refractivity contribution in [2.45, 2.75) is 24.1 Å². The average molecular weight is 298 g/mol. The van der Waals surface area contributed by atoms with Crippen LogP contribution in [0, 0.1) is 5.92 Å². The van der Waals surface area contributed by atoms with Crippen LogP contribution >= 0.6 is 22.9 Å². The highest BCUT2D eigenvalue weighted by Crippen LogP contribution is 2.25. The van der Waals surface area contributed by atoms with E-state index in [-0.39, 0.29) is 10.1 Å². The smallest absolute Gasteiger partial charge is 0.322 e. The van der Waals surface area contributed by atoms with Crippen LogP contribution in [-0.2, 0) is 14.8 Å². The first-order chi connectivity index (χ1) is 7.74. The fourth-order valence-corrected chi connectivity index (χ4v) is 3.98. The van der Waals surface area contributed by atoms with Crippen LogP contribution in [0.3, 0.4) is 0 Å². The maximum absolute atomic E-state index is 11.8. The van der Waals surface area contributed by atoms with Crippen molar-refractivity contribution in [2.75, 3.05) is 0 Å². The van der Waals surface area contributed by atoms with Crippen molar-refractivity contribution >= 4 is 38.9 Å². The number of hydrogen-bond donors (Lipinski definition) is 2. The molecule has 0 saturated carbocycles. The van der Waals surface area contributed by atoms with E-state index in [4.69, 9.17) is 16.7 Å². The molecule has 1 aromatic heterocycles. The van der Waals surface area contributed by atoms with Crippen LogP contribution in [0.25, 0.3) is 0 Å². The van der Waals surface area contributed by atoms with Gasteiger partial charge in [0, 0.05) is 0 Å². The lowest BCUT2D eigenvalue weighted by atomic mass is 10.1. The molecule has 0 aliphatic rings. The van der Waals surface area contributed by atoms with Crippen LogP contribution in [0.5, 0.6) is 0 Å². The molecule has 0 saturated heterocycles. The summed E-state index contributed by atoms with van der Waals surface area (Å²) in [5, 5.41) is 8.91. The van der Waals surface area contributed by atoms with E-state index in [1.165, 1.54) is 12.1 Å². The normalized spacial score (nSPS) is 13.9.